The van der Waals surface area contributed by atoms with Gasteiger partial charge in [-0.3, -0.25) is 4.90 Å². The summed E-state index contributed by atoms with van der Waals surface area (Å²) in [6.45, 7) is 5.82. The molecule has 106 valence electrons. The van der Waals surface area contributed by atoms with Crippen LogP contribution in [0.2, 0.25) is 0 Å². The molecule has 3 heterocycles. The molecule has 4 nitrogen and oxygen atoms in total. The average molecular weight is 265 g/mol. The van der Waals surface area contributed by atoms with Crippen molar-refractivity contribution >= 4 is 0 Å². The van der Waals surface area contributed by atoms with Gasteiger partial charge in [0.05, 0.1) is 24.9 Å². The average Bonchev–Trinajstić information content (AvgIpc) is 3.00. The summed E-state index contributed by atoms with van der Waals surface area (Å²) in [4.78, 5) is 2.45. The van der Waals surface area contributed by atoms with Gasteiger partial charge in [0.1, 0.15) is 11.5 Å². The van der Waals surface area contributed by atoms with Crippen LogP contribution in [0.3, 0.4) is 0 Å². The molecule has 0 bridgehead atoms. The van der Waals surface area contributed by atoms with E-state index in [4.69, 9.17) is 13.9 Å². The monoisotopic (exact) mass is 265 g/mol. The maximum absolute atomic E-state index is 6.01. The van der Waals surface area contributed by atoms with Gasteiger partial charge in [0.2, 0.25) is 0 Å². The number of likely N-dealkylation sites (tertiary alicyclic amines) is 1. The van der Waals surface area contributed by atoms with Crippen LogP contribution in [0.4, 0.5) is 0 Å². The van der Waals surface area contributed by atoms with E-state index in [2.05, 4.69) is 11.0 Å². The molecule has 0 saturated carbocycles. The third kappa shape index (κ3) is 2.86. The van der Waals surface area contributed by atoms with Crippen LogP contribution in [0.1, 0.15) is 30.8 Å². The molecule has 2 aliphatic heterocycles. The highest BCUT2D eigenvalue weighted by molar-refractivity contribution is 5.06. The van der Waals surface area contributed by atoms with Crippen LogP contribution in [0, 0.1) is 6.92 Å². The molecule has 0 amide bonds. The van der Waals surface area contributed by atoms with Crippen molar-refractivity contribution in [3.63, 3.8) is 0 Å². The molecular formula is C15H23NO3. The summed E-state index contributed by atoms with van der Waals surface area (Å²) < 4.78 is 17.1. The molecule has 1 spiro atoms. The van der Waals surface area contributed by atoms with E-state index >= 15 is 0 Å². The molecule has 0 unspecified atom stereocenters. The van der Waals surface area contributed by atoms with Crippen molar-refractivity contribution in [2.75, 3.05) is 26.8 Å². The molecule has 1 aromatic heterocycles. The summed E-state index contributed by atoms with van der Waals surface area (Å²) in [7, 11) is 1.78. The Bertz CT molecular complexity index is 421. The standard InChI is InChI=1S/C15H23NO3/c1-12-3-4-13(19-12)10-16-7-5-15(6-8-16)9-14(17-2)11-18-15/h3-4,14H,5-11H2,1-2H3/t14-/m1/s1. The maximum Gasteiger partial charge on any atom is 0.118 e. The van der Waals surface area contributed by atoms with Crippen molar-refractivity contribution < 1.29 is 13.9 Å². The molecule has 2 saturated heterocycles. The minimum Gasteiger partial charge on any atom is -0.465 e. The Morgan fingerprint density at radius 1 is 1.37 bits per heavy atom. The predicted octanol–water partition coefficient (Wildman–Crippen LogP) is 2.36. The van der Waals surface area contributed by atoms with Crippen molar-refractivity contribution in [2.24, 2.45) is 0 Å². The molecule has 0 aliphatic carbocycles. The van der Waals surface area contributed by atoms with Gasteiger partial charge < -0.3 is 13.9 Å². The van der Waals surface area contributed by atoms with E-state index in [1.807, 2.05) is 13.0 Å². The van der Waals surface area contributed by atoms with Gasteiger partial charge in [0.25, 0.3) is 0 Å². The van der Waals surface area contributed by atoms with Gasteiger partial charge in [0.15, 0.2) is 0 Å². The minimum atomic E-state index is 0.0796. The number of nitrogens with zero attached hydrogens (tertiary/aromatic N) is 1. The molecule has 0 radical (unpaired) electrons. The second kappa shape index (κ2) is 5.27. The first-order valence-electron chi connectivity index (χ1n) is 7.14. The van der Waals surface area contributed by atoms with Crippen molar-refractivity contribution in [2.45, 2.75) is 44.4 Å². The fourth-order valence-electron chi connectivity index (χ4n) is 3.21. The zero-order valence-corrected chi connectivity index (χ0v) is 11.9. The summed E-state index contributed by atoms with van der Waals surface area (Å²) in [5.41, 5.74) is 0.0796. The Hall–Kier alpha value is -0.840. The number of rotatable bonds is 3. The Kier molecular flexibility index (Phi) is 3.65. The smallest absolute Gasteiger partial charge is 0.118 e. The first-order chi connectivity index (χ1) is 9.19. The minimum absolute atomic E-state index is 0.0796. The Labute approximate surface area is 114 Å². The summed E-state index contributed by atoms with van der Waals surface area (Å²) in [6, 6.07) is 4.11. The summed E-state index contributed by atoms with van der Waals surface area (Å²) >= 11 is 0. The number of hydrogen-bond donors (Lipinski definition) is 0. The van der Waals surface area contributed by atoms with Gasteiger partial charge in [-0.15, -0.1) is 0 Å². The first kappa shape index (κ1) is 13.2. The highest BCUT2D eigenvalue weighted by Crippen LogP contribution is 2.37. The lowest BCUT2D eigenvalue weighted by molar-refractivity contribution is -0.0468. The summed E-state index contributed by atoms with van der Waals surface area (Å²) in [6.07, 6.45) is 3.55. The highest BCUT2D eigenvalue weighted by Gasteiger charge is 2.42. The number of piperidine rings is 1. The fourth-order valence-corrected chi connectivity index (χ4v) is 3.21. The Morgan fingerprint density at radius 3 is 2.74 bits per heavy atom. The van der Waals surface area contributed by atoms with Gasteiger partial charge in [-0.25, -0.2) is 0 Å². The van der Waals surface area contributed by atoms with Gasteiger partial charge in [0, 0.05) is 26.6 Å². The third-order valence-electron chi connectivity index (χ3n) is 4.45. The van der Waals surface area contributed by atoms with Crippen LogP contribution in [-0.4, -0.2) is 43.4 Å². The normalized spacial score (nSPS) is 27.2. The molecule has 0 N–H and O–H groups in total. The lowest BCUT2D eigenvalue weighted by atomic mass is 9.88. The van der Waals surface area contributed by atoms with E-state index in [9.17, 15) is 0 Å². The molecule has 1 atom stereocenters. The van der Waals surface area contributed by atoms with Gasteiger partial charge >= 0.3 is 0 Å². The van der Waals surface area contributed by atoms with Crippen LogP contribution in [0.15, 0.2) is 16.5 Å². The second-order valence-electron chi connectivity index (χ2n) is 5.84. The lowest BCUT2D eigenvalue weighted by Crippen LogP contribution is -2.43. The number of aryl methyl sites for hydroxylation is 1. The molecule has 2 fully saturated rings. The first-order valence-corrected chi connectivity index (χ1v) is 7.14. The molecule has 2 aliphatic rings. The van der Waals surface area contributed by atoms with Gasteiger partial charge in [-0.2, -0.15) is 0 Å². The van der Waals surface area contributed by atoms with Crippen LogP contribution in [0.5, 0.6) is 0 Å². The third-order valence-corrected chi connectivity index (χ3v) is 4.45. The molecule has 19 heavy (non-hydrogen) atoms. The second-order valence-corrected chi connectivity index (χ2v) is 5.84. The molecular weight excluding hydrogens is 242 g/mol. The van der Waals surface area contributed by atoms with E-state index in [0.29, 0.717) is 6.10 Å². The molecule has 0 aromatic carbocycles. The Morgan fingerprint density at radius 2 is 2.16 bits per heavy atom. The quantitative estimate of drug-likeness (QED) is 0.840. The SMILES string of the molecule is CO[C@H]1COC2(CCN(Cc3ccc(C)o3)CC2)C1. The predicted molar refractivity (Wildman–Crippen MR) is 72.1 cm³/mol. The van der Waals surface area contributed by atoms with Crippen molar-refractivity contribution in [1.29, 1.82) is 0 Å². The molecule has 1 aromatic rings. The zero-order chi connectivity index (χ0) is 13.3. The lowest BCUT2D eigenvalue weighted by Gasteiger charge is -2.38. The Balaban J connectivity index is 1.52. The van der Waals surface area contributed by atoms with Gasteiger partial charge in [-0.05, 0) is 31.9 Å². The zero-order valence-electron chi connectivity index (χ0n) is 11.9. The topological polar surface area (TPSA) is 34.8 Å². The van der Waals surface area contributed by atoms with Crippen LogP contribution >= 0.6 is 0 Å². The van der Waals surface area contributed by atoms with E-state index in [1.165, 1.54) is 0 Å². The van der Waals surface area contributed by atoms with Crippen molar-refractivity contribution in [3.8, 4) is 0 Å². The van der Waals surface area contributed by atoms with E-state index in [1.54, 1.807) is 7.11 Å². The maximum atomic E-state index is 6.01. The van der Waals surface area contributed by atoms with Crippen molar-refractivity contribution in [1.82, 2.24) is 4.90 Å². The number of hydrogen-bond acceptors (Lipinski definition) is 4. The number of ether oxygens (including phenoxy) is 2. The van der Waals surface area contributed by atoms with E-state index in [0.717, 1.165) is 57.0 Å². The molecule has 4 heteroatoms. The van der Waals surface area contributed by atoms with Crippen LogP contribution < -0.4 is 0 Å². The van der Waals surface area contributed by atoms with Crippen LogP contribution in [0.25, 0.3) is 0 Å². The van der Waals surface area contributed by atoms with Crippen LogP contribution in [-0.2, 0) is 16.0 Å². The largest absolute Gasteiger partial charge is 0.465 e. The van der Waals surface area contributed by atoms with Crippen molar-refractivity contribution in [3.05, 3.63) is 23.7 Å². The molecule has 3 rings (SSSR count). The van der Waals surface area contributed by atoms with E-state index in [-0.39, 0.29) is 5.60 Å². The fraction of sp³-hybridized carbons (Fsp3) is 0.733. The van der Waals surface area contributed by atoms with E-state index < -0.39 is 0 Å². The summed E-state index contributed by atoms with van der Waals surface area (Å²) in [5.74, 6) is 2.06. The van der Waals surface area contributed by atoms with Gasteiger partial charge in [-0.1, -0.05) is 0 Å². The number of methoxy groups -OCH3 is 1. The summed E-state index contributed by atoms with van der Waals surface area (Å²) in [5, 5.41) is 0. The number of furan rings is 1. The highest BCUT2D eigenvalue weighted by atomic mass is 16.6.